The summed E-state index contributed by atoms with van der Waals surface area (Å²) < 4.78 is 0. The van der Waals surface area contributed by atoms with Gasteiger partial charge in [0, 0.05) is 44.9 Å². The zero-order valence-electron chi connectivity index (χ0n) is 15.6. The molecule has 0 radical (unpaired) electrons. The predicted octanol–water partition coefficient (Wildman–Crippen LogP) is 2.23. The van der Waals surface area contributed by atoms with Crippen LogP contribution < -0.4 is 10.6 Å². The van der Waals surface area contributed by atoms with Crippen LogP contribution in [0, 0.1) is 0 Å². The topological polar surface area (TPSA) is 61.4 Å². The van der Waals surface area contributed by atoms with Gasteiger partial charge in [-0.3, -0.25) is 14.5 Å². The van der Waals surface area contributed by atoms with Crippen molar-refractivity contribution in [3.8, 4) is 0 Å². The molecule has 0 saturated carbocycles. The van der Waals surface area contributed by atoms with Gasteiger partial charge >= 0.3 is 0 Å². The van der Waals surface area contributed by atoms with E-state index in [0.29, 0.717) is 12.1 Å². The second-order valence-electron chi connectivity index (χ2n) is 6.62. The van der Waals surface area contributed by atoms with Gasteiger partial charge < -0.3 is 10.6 Å². The van der Waals surface area contributed by atoms with Crippen molar-refractivity contribution in [1.29, 1.82) is 0 Å². The van der Waals surface area contributed by atoms with E-state index in [9.17, 15) is 9.59 Å². The number of fused-ring (bicyclic) bond motifs is 1. The third-order valence-electron chi connectivity index (χ3n) is 4.76. The molecule has 2 aromatic carbocycles. The molecule has 0 fully saturated rings. The lowest BCUT2D eigenvalue weighted by Gasteiger charge is -2.28. The van der Waals surface area contributed by atoms with Crippen LogP contribution in [0.25, 0.3) is 6.08 Å². The summed E-state index contributed by atoms with van der Waals surface area (Å²) in [6, 6.07) is 15.7. The molecule has 2 amide bonds. The maximum absolute atomic E-state index is 12.0. The predicted molar refractivity (Wildman–Crippen MR) is 107 cm³/mol. The molecule has 0 atom stereocenters. The van der Waals surface area contributed by atoms with E-state index in [0.717, 1.165) is 31.6 Å². The molecule has 0 saturated heterocycles. The minimum atomic E-state index is -0.122. The van der Waals surface area contributed by atoms with E-state index < -0.39 is 0 Å². The van der Waals surface area contributed by atoms with Crippen LogP contribution in [0.2, 0.25) is 0 Å². The van der Waals surface area contributed by atoms with Crippen molar-refractivity contribution in [1.82, 2.24) is 15.5 Å². The number of hydrogen-bond acceptors (Lipinski definition) is 3. The van der Waals surface area contributed by atoms with E-state index in [1.807, 2.05) is 12.1 Å². The Kier molecular flexibility index (Phi) is 6.39. The van der Waals surface area contributed by atoms with Crippen LogP contribution in [0.15, 0.2) is 54.6 Å². The van der Waals surface area contributed by atoms with Crippen LogP contribution >= 0.6 is 0 Å². The number of rotatable bonds is 6. The van der Waals surface area contributed by atoms with Crippen molar-refractivity contribution in [2.75, 3.05) is 26.7 Å². The summed E-state index contributed by atoms with van der Waals surface area (Å²) in [5, 5.41) is 5.51. The molecule has 1 aliphatic rings. The summed E-state index contributed by atoms with van der Waals surface area (Å²) in [4.78, 5) is 25.9. The van der Waals surface area contributed by atoms with Crippen molar-refractivity contribution in [2.24, 2.45) is 0 Å². The fourth-order valence-electron chi connectivity index (χ4n) is 3.20. The quantitative estimate of drug-likeness (QED) is 0.774. The molecule has 140 valence electrons. The Labute approximate surface area is 160 Å². The lowest BCUT2D eigenvalue weighted by molar-refractivity contribution is -0.116. The molecule has 0 unspecified atom stereocenters. The molecule has 3 rings (SSSR count). The van der Waals surface area contributed by atoms with Gasteiger partial charge in [-0.25, -0.2) is 0 Å². The third kappa shape index (κ3) is 5.28. The Morgan fingerprint density at radius 2 is 1.81 bits per heavy atom. The zero-order chi connectivity index (χ0) is 19.1. The number of benzene rings is 2. The van der Waals surface area contributed by atoms with Crippen molar-refractivity contribution in [3.05, 3.63) is 76.9 Å². The van der Waals surface area contributed by atoms with E-state index in [1.165, 1.54) is 17.2 Å². The maximum atomic E-state index is 12.0. The van der Waals surface area contributed by atoms with Gasteiger partial charge in [0.15, 0.2) is 0 Å². The first kappa shape index (κ1) is 18.9. The Bertz CT molecular complexity index is 828. The van der Waals surface area contributed by atoms with Crippen LogP contribution in [0.4, 0.5) is 0 Å². The lowest BCUT2D eigenvalue weighted by Crippen LogP contribution is -2.37. The molecule has 1 heterocycles. The van der Waals surface area contributed by atoms with E-state index in [-0.39, 0.29) is 11.8 Å². The van der Waals surface area contributed by atoms with Crippen LogP contribution in [-0.4, -0.2) is 43.4 Å². The molecule has 0 spiro atoms. The molecule has 0 aliphatic carbocycles. The van der Waals surface area contributed by atoms with Crippen LogP contribution in [-0.2, 0) is 17.8 Å². The monoisotopic (exact) mass is 363 g/mol. The van der Waals surface area contributed by atoms with Crippen molar-refractivity contribution < 1.29 is 9.59 Å². The van der Waals surface area contributed by atoms with Gasteiger partial charge in [-0.05, 0) is 41.3 Å². The fourth-order valence-corrected chi connectivity index (χ4v) is 3.20. The average Bonchev–Trinajstić information content (AvgIpc) is 2.72. The molecular formula is C22H25N3O2. The number of carbonyl (C=O) groups excluding carboxylic acids is 2. The Hall–Kier alpha value is -2.92. The molecule has 0 bridgehead atoms. The second-order valence-corrected chi connectivity index (χ2v) is 6.62. The van der Waals surface area contributed by atoms with Gasteiger partial charge in [0.25, 0.3) is 5.91 Å². The molecule has 0 aromatic heterocycles. The molecule has 1 aliphatic heterocycles. The van der Waals surface area contributed by atoms with Gasteiger partial charge in [0.2, 0.25) is 5.91 Å². The van der Waals surface area contributed by atoms with Gasteiger partial charge in [-0.2, -0.15) is 0 Å². The SMILES string of the molecule is CNC(=O)c1ccc(/C=C/C(=O)NCCN2CCc3ccccc3C2)cc1. The van der Waals surface area contributed by atoms with E-state index in [1.54, 1.807) is 25.3 Å². The Balaban J connectivity index is 1.42. The van der Waals surface area contributed by atoms with Crippen molar-refractivity contribution >= 4 is 17.9 Å². The maximum Gasteiger partial charge on any atom is 0.251 e. The normalized spacial score (nSPS) is 14.0. The molecule has 5 nitrogen and oxygen atoms in total. The molecule has 27 heavy (non-hydrogen) atoms. The third-order valence-corrected chi connectivity index (χ3v) is 4.76. The molecule has 5 heteroatoms. The van der Waals surface area contributed by atoms with Crippen LogP contribution in [0.3, 0.4) is 0 Å². The number of nitrogens with one attached hydrogen (secondary N) is 2. The molecular weight excluding hydrogens is 338 g/mol. The minimum absolute atomic E-state index is 0.109. The smallest absolute Gasteiger partial charge is 0.251 e. The molecule has 2 aromatic rings. The lowest BCUT2D eigenvalue weighted by atomic mass is 10.00. The first-order chi connectivity index (χ1) is 13.2. The standard InChI is InChI=1S/C22H25N3O2/c1-23-22(27)19-9-6-17(7-10-19)8-11-21(26)24-13-15-25-14-12-18-4-2-3-5-20(18)16-25/h2-11H,12-16H2,1H3,(H,23,27)(H,24,26)/b11-8+. The van der Waals surface area contributed by atoms with Gasteiger partial charge in [-0.1, -0.05) is 36.4 Å². The highest BCUT2D eigenvalue weighted by Crippen LogP contribution is 2.17. The first-order valence-corrected chi connectivity index (χ1v) is 9.23. The van der Waals surface area contributed by atoms with Crippen molar-refractivity contribution in [3.63, 3.8) is 0 Å². The van der Waals surface area contributed by atoms with Crippen molar-refractivity contribution in [2.45, 2.75) is 13.0 Å². The van der Waals surface area contributed by atoms with Gasteiger partial charge in [0.1, 0.15) is 0 Å². The van der Waals surface area contributed by atoms with E-state index in [2.05, 4.69) is 39.8 Å². The van der Waals surface area contributed by atoms with Gasteiger partial charge in [0.05, 0.1) is 0 Å². The number of nitrogens with zero attached hydrogens (tertiary/aromatic N) is 1. The average molecular weight is 363 g/mol. The summed E-state index contributed by atoms with van der Waals surface area (Å²) in [5.74, 6) is -0.230. The summed E-state index contributed by atoms with van der Waals surface area (Å²) in [6.45, 7) is 3.44. The largest absolute Gasteiger partial charge is 0.355 e. The number of carbonyl (C=O) groups is 2. The summed E-state index contributed by atoms with van der Waals surface area (Å²) in [7, 11) is 1.60. The van der Waals surface area contributed by atoms with Crippen LogP contribution in [0.5, 0.6) is 0 Å². The van der Waals surface area contributed by atoms with E-state index in [4.69, 9.17) is 0 Å². The fraction of sp³-hybridized carbons (Fsp3) is 0.273. The highest BCUT2D eigenvalue weighted by molar-refractivity contribution is 5.94. The van der Waals surface area contributed by atoms with Crippen LogP contribution in [0.1, 0.15) is 27.0 Å². The van der Waals surface area contributed by atoms with Gasteiger partial charge in [-0.15, -0.1) is 0 Å². The summed E-state index contributed by atoms with van der Waals surface area (Å²) in [6.07, 6.45) is 4.34. The summed E-state index contributed by atoms with van der Waals surface area (Å²) in [5.41, 5.74) is 4.30. The zero-order valence-corrected chi connectivity index (χ0v) is 15.6. The summed E-state index contributed by atoms with van der Waals surface area (Å²) >= 11 is 0. The first-order valence-electron chi connectivity index (χ1n) is 9.23. The highest BCUT2D eigenvalue weighted by Gasteiger charge is 2.14. The number of amides is 2. The highest BCUT2D eigenvalue weighted by atomic mass is 16.2. The minimum Gasteiger partial charge on any atom is -0.355 e. The Morgan fingerprint density at radius 3 is 2.56 bits per heavy atom. The second kappa shape index (κ2) is 9.14. The van der Waals surface area contributed by atoms with E-state index >= 15 is 0 Å². The molecule has 2 N–H and O–H groups in total. The Morgan fingerprint density at radius 1 is 1.07 bits per heavy atom. The number of hydrogen-bond donors (Lipinski definition) is 2.